The maximum Gasteiger partial charge on any atom is 0.406 e. The van der Waals surface area contributed by atoms with E-state index in [1.165, 1.54) is 30.3 Å². The van der Waals surface area contributed by atoms with Gasteiger partial charge in [-0.15, -0.1) is 0 Å². The Morgan fingerprint density at radius 2 is 1.51 bits per heavy atom. The summed E-state index contributed by atoms with van der Waals surface area (Å²) in [7, 11) is 1.03. The molecule has 10 heteroatoms. The zero-order valence-electron chi connectivity index (χ0n) is 17.8. The van der Waals surface area contributed by atoms with Crippen LogP contribution in [0.4, 0.5) is 13.2 Å². The van der Waals surface area contributed by atoms with Crippen LogP contribution in [0.3, 0.4) is 0 Å². The fourth-order valence-electron chi connectivity index (χ4n) is 4.58. The van der Waals surface area contributed by atoms with Crippen LogP contribution in [0, 0.1) is 0 Å². The standard InChI is InChI=1S/C25H13F3O7/c1-33-21(30)14-8-17-19(7-12(14)11-29)34-20-10-16-15(22(31)35-23(16)32)9-18(20)24(17,25(26,27)28)13-5-3-2-4-6-13/h2-11H,1H3. The number of cyclic esters (lactones) is 2. The average Bonchev–Trinajstić information content (AvgIpc) is 3.12. The van der Waals surface area contributed by atoms with Gasteiger partial charge in [-0.25, -0.2) is 14.4 Å². The highest BCUT2D eigenvalue weighted by Crippen LogP contribution is 2.60. The molecular weight excluding hydrogens is 469 g/mol. The lowest BCUT2D eigenvalue weighted by atomic mass is 9.66. The van der Waals surface area contributed by atoms with Gasteiger partial charge in [0.15, 0.2) is 6.29 Å². The van der Waals surface area contributed by atoms with E-state index in [9.17, 15) is 19.2 Å². The number of rotatable bonds is 3. The second-order valence-electron chi connectivity index (χ2n) is 7.83. The number of esters is 3. The van der Waals surface area contributed by atoms with Crippen LogP contribution < -0.4 is 4.74 Å². The van der Waals surface area contributed by atoms with Gasteiger partial charge in [0.1, 0.15) is 16.9 Å². The Morgan fingerprint density at radius 1 is 0.914 bits per heavy atom. The predicted molar refractivity (Wildman–Crippen MR) is 112 cm³/mol. The van der Waals surface area contributed by atoms with Crippen LogP contribution in [-0.4, -0.2) is 37.5 Å². The highest BCUT2D eigenvalue weighted by molar-refractivity contribution is 6.15. The zero-order chi connectivity index (χ0) is 25.1. The van der Waals surface area contributed by atoms with Crippen molar-refractivity contribution in [3.8, 4) is 11.5 Å². The minimum Gasteiger partial charge on any atom is -0.465 e. The average molecular weight is 482 g/mol. The molecule has 0 aliphatic carbocycles. The number of alkyl halides is 3. The van der Waals surface area contributed by atoms with Crippen molar-refractivity contribution in [2.75, 3.05) is 7.11 Å². The first-order chi connectivity index (χ1) is 16.6. The fourth-order valence-corrected chi connectivity index (χ4v) is 4.58. The normalized spacial score (nSPS) is 18.1. The van der Waals surface area contributed by atoms with Crippen LogP contribution in [-0.2, 0) is 14.9 Å². The Balaban J connectivity index is 1.96. The smallest absolute Gasteiger partial charge is 0.406 e. The summed E-state index contributed by atoms with van der Waals surface area (Å²) in [4.78, 5) is 48.3. The molecule has 2 heterocycles. The first-order valence-electron chi connectivity index (χ1n) is 10.1. The molecule has 0 saturated carbocycles. The van der Waals surface area contributed by atoms with Gasteiger partial charge in [-0.3, -0.25) is 4.79 Å². The third-order valence-electron chi connectivity index (χ3n) is 6.09. The molecule has 0 amide bonds. The van der Waals surface area contributed by atoms with E-state index in [2.05, 4.69) is 9.47 Å². The Bertz CT molecular complexity index is 1440. The van der Waals surface area contributed by atoms with Gasteiger partial charge >= 0.3 is 24.1 Å². The monoisotopic (exact) mass is 482 g/mol. The van der Waals surface area contributed by atoms with Crippen molar-refractivity contribution in [1.29, 1.82) is 0 Å². The molecule has 5 rings (SSSR count). The number of ether oxygens (including phenoxy) is 3. The minimum absolute atomic E-state index is 0.245. The molecule has 3 aromatic rings. The number of fused-ring (bicyclic) bond motifs is 3. The highest BCUT2D eigenvalue weighted by Gasteiger charge is 2.63. The van der Waals surface area contributed by atoms with Crippen molar-refractivity contribution in [1.82, 2.24) is 0 Å². The quantitative estimate of drug-likeness (QED) is 0.306. The van der Waals surface area contributed by atoms with Gasteiger partial charge in [-0.2, -0.15) is 13.2 Å². The van der Waals surface area contributed by atoms with E-state index in [0.29, 0.717) is 6.29 Å². The zero-order valence-corrected chi connectivity index (χ0v) is 17.8. The third-order valence-corrected chi connectivity index (χ3v) is 6.09. The molecule has 0 radical (unpaired) electrons. The van der Waals surface area contributed by atoms with Gasteiger partial charge < -0.3 is 14.2 Å². The van der Waals surface area contributed by atoms with Gasteiger partial charge in [0, 0.05) is 16.7 Å². The van der Waals surface area contributed by atoms with E-state index in [1.807, 2.05) is 0 Å². The number of carbonyl (C=O) groups excluding carboxylic acids is 4. The molecule has 0 fully saturated rings. The summed E-state index contributed by atoms with van der Waals surface area (Å²) in [6.45, 7) is 0. The number of benzene rings is 3. The number of hydrogen-bond acceptors (Lipinski definition) is 7. The summed E-state index contributed by atoms with van der Waals surface area (Å²) in [5.41, 5.74) is -5.40. The first kappa shape index (κ1) is 22.3. The summed E-state index contributed by atoms with van der Waals surface area (Å²) >= 11 is 0. The van der Waals surface area contributed by atoms with Crippen molar-refractivity contribution in [2.45, 2.75) is 11.6 Å². The van der Waals surface area contributed by atoms with E-state index in [4.69, 9.17) is 4.74 Å². The molecule has 2 aliphatic heterocycles. The lowest BCUT2D eigenvalue weighted by Crippen LogP contribution is -2.46. The predicted octanol–water partition coefficient (Wildman–Crippen LogP) is 4.60. The van der Waals surface area contributed by atoms with E-state index < -0.39 is 46.2 Å². The van der Waals surface area contributed by atoms with E-state index in [1.54, 1.807) is 0 Å². The molecule has 3 aromatic carbocycles. The molecule has 35 heavy (non-hydrogen) atoms. The Labute approximate surface area is 195 Å². The maximum absolute atomic E-state index is 15.3. The maximum atomic E-state index is 15.3. The highest BCUT2D eigenvalue weighted by atomic mass is 19.4. The van der Waals surface area contributed by atoms with Gasteiger partial charge in [0.05, 0.1) is 23.8 Å². The lowest BCUT2D eigenvalue weighted by Gasteiger charge is -2.42. The topological polar surface area (TPSA) is 96.0 Å². The summed E-state index contributed by atoms with van der Waals surface area (Å²) in [6, 6.07) is 10.7. The second kappa shape index (κ2) is 7.52. The van der Waals surface area contributed by atoms with Gasteiger partial charge in [0.2, 0.25) is 0 Å². The van der Waals surface area contributed by atoms with Crippen LogP contribution in [0.1, 0.15) is 58.1 Å². The second-order valence-corrected chi connectivity index (χ2v) is 7.83. The number of halogens is 3. The SMILES string of the molecule is COC(=O)c1cc2c(cc1C=O)Oc1cc3c(cc1C2(c1ccccc1)C(F)(F)F)C(=O)OC3=O. The molecule has 0 N–H and O–H groups in total. The van der Waals surface area contributed by atoms with Gasteiger partial charge in [-0.1, -0.05) is 30.3 Å². The molecule has 1 atom stereocenters. The van der Waals surface area contributed by atoms with Crippen molar-refractivity contribution < 1.29 is 46.6 Å². The van der Waals surface area contributed by atoms with Gasteiger partial charge in [-0.05, 0) is 29.8 Å². The molecule has 1 unspecified atom stereocenters. The number of methoxy groups -OCH3 is 1. The molecule has 0 spiro atoms. The number of aldehydes is 1. The first-order valence-corrected chi connectivity index (χ1v) is 10.1. The van der Waals surface area contributed by atoms with Crippen LogP contribution in [0.5, 0.6) is 11.5 Å². The Kier molecular flexibility index (Phi) is 4.80. The summed E-state index contributed by atoms with van der Waals surface area (Å²) in [6.07, 6.45) is -4.75. The fraction of sp³-hybridized carbons (Fsp3) is 0.120. The van der Waals surface area contributed by atoms with Crippen molar-refractivity contribution in [3.63, 3.8) is 0 Å². The minimum atomic E-state index is -5.04. The van der Waals surface area contributed by atoms with Crippen molar-refractivity contribution in [2.24, 2.45) is 0 Å². The summed E-state index contributed by atoms with van der Waals surface area (Å²) < 4.78 is 61.0. The molecule has 176 valence electrons. The lowest BCUT2D eigenvalue weighted by molar-refractivity contribution is -0.168. The Morgan fingerprint density at radius 3 is 2.11 bits per heavy atom. The Hall–Kier alpha value is -4.47. The third kappa shape index (κ3) is 2.99. The van der Waals surface area contributed by atoms with Crippen LogP contribution in [0.15, 0.2) is 54.6 Å². The summed E-state index contributed by atoms with van der Waals surface area (Å²) in [5, 5.41) is 0. The van der Waals surface area contributed by atoms with Gasteiger partial charge in [0.25, 0.3) is 0 Å². The van der Waals surface area contributed by atoms with E-state index in [0.717, 1.165) is 31.4 Å². The van der Waals surface area contributed by atoms with E-state index in [-0.39, 0.29) is 33.8 Å². The molecular formula is C25H13F3O7. The molecule has 0 saturated heterocycles. The summed E-state index contributed by atoms with van der Waals surface area (Å²) in [5.74, 6) is -3.84. The van der Waals surface area contributed by atoms with Crippen molar-refractivity contribution >= 4 is 24.2 Å². The van der Waals surface area contributed by atoms with Crippen LogP contribution >= 0.6 is 0 Å². The van der Waals surface area contributed by atoms with Crippen molar-refractivity contribution in [3.05, 3.63) is 93.5 Å². The van der Waals surface area contributed by atoms with E-state index >= 15 is 13.2 Å². The number of carbonyl (C=O) groups is 4. The number of hydrogen-bond donors (Lipinski definition) is 0. The van der Waals surface area contributed by atoms with Crippen LogP contribution in [0.25, 0.3) is 0 Å². The van der Waals surface area contributed by atoms with Crippen LogP contribution in [0.2, 0.25) is 0 Å². The molecule has 0 bridgehead atoms. The molecule has 7 nitrogen and oxygen atoms in total. The largest absolute Gasteiger partial charge is 0.465 e. The molecule has 2 aliphatic rings. The molecule has 0 aromatic heterocycles.